The zero-order valence-electron chi connectivity index (χ0n) is 11.1. The minimum Gasteiger partial charge on any atom is -0.466 e. The van der Waals surface area contributed by atoms with Crippen LogP contribution >= 0.6 is 0 Å². The van der Waals surface area contributed by atoms with E-state index >= 15 is 0 Å². The molecule has 2 rings (SSSR count). The molecule has 98 valence electrons. The van der Waals surface area contributed by atoms with E-state index < -0.39 is 0 Å². The minimum atomic E-state index is 0.00987. The second-order valence-corrected chi connectivity index (χ2v) is 5.16. The maximum Gasteiger partial charge on any atom is 0.308 e. The van der Waals surface area contributed by atoms with Crippen LogP contribution in [-0.2, 0) is 16.0 Å². The molecule has 1 saturated carbocycles. The lowest BCUT2D eigenvalue weighted by Gasteiger charge is -2.27. The normalized spacial score (nSPS) is 23.6. The van der Waals surface area contributed by atoms with E-state index in [4.69, 9.17) is 4.74 Å². The molecule has 0 N–H and O–H groups in total. The van der Waals surface area contributed by atoms with Gasteiger partial charge in [0.15, 0.2) is 0 Å². The molecule has 0 unspecified atom stereocenters. The van der Waals surface area contributed by atoms with Crippen molar-refractivity contribution in [2.75, 3.05) is 6.61 Å². The van der Waals surface area contributed by atoms with Crippen LogP contribution in [0.2, 0.25) is 0 Å². The van der Waals surface area contributed by atoms with Crippen LogP contribution in [0.25, 0.3) is 0 Å². The Bertz CT molecular complexity index is 364. The third-order valence-corrected chi connectivity index (χ3v) is 3.83. The van der Waals surface area contributed by atoms with Crippen LogP contribution < -0.4 is 0 Å². The quantitative estimate of drug-likeness (QED) is 0.759. The summed E-state index contributed by atoms with van der Waals surface area (Å²) in [5, 5.41) is 0. The molecule has 18 heavy (non-hydrogen) atoms. The fourth-order valence-corrected chi connectivity index (χ4v) is 2.81. The Morgan fingerprint density at radius 2 is 1.83 bits per heavy atom. The van der Waals surface area contributed by atoms with Crippen molar-refractivity contribution in [2.45, 2.75) is 39.0 Å². The van der Waals surface area contributed by atoms with Crippen LogP contribution in [0.4, 0.5) is 0 Å². The van der Waals surface area contributed by atoms with E-state index in [0.29, 0.717) is 6.61 Å². The van der Waals surface area contributed by atoms with Gasteiger partial charge in [-0.15, -0.1) is 0 Å². The van der Waals surface area contributed by atoms with Crippen LogP contribution in [0, 0.1) is 11.8 Å². The third-order valence-electron chi connectivity index (χ3n) is 3.83. The van der Waals surface area contributed by atoms with Gasteiger partial charge in [0.25, 0.3) is 0 Å². The molecule has 0 amide bonds. The van der Waals surface area contributed by atoms with Gasteiger partial charge in [-0.05, 0) is 50.5 Å². The summed E-state index contributed by atoms with van der Waals surface area (Å²) in [5.41, 5.74) is 1.41. The third kappa shape index (κ3) is 3.59. The lowest BCUT2D eigenvalue weighted by Crippen LogP contribution is -2.24. The molecule has 0 atom stereocenters. The second-order valence-electron chi connectivity index (χ2n) is 5.16. The first kappa shape index (κ1) is 13.1. The van der Waals surface area contributed by atoms with Gasteiger partial charge in [-0.2, -0.15) is 0 Å². The summed E-state index contributed by atoms with van der Waals surface area (Å²) in [6.45, 7) is 2.38. The minimum absolute atomic E-state index is 0.00987. The first-order chi connectivity index (χ1) is 8.79. The van der Waals surface area contributed by atoms with Crippen LogP contribution in [0.1, 0.15) is 38.2 Å². The van der Waals surface area contributed by atoms with E-state index in [1.54, 1.807) is 0 Å². The van der Waals surface area contributed by atoms with Crippen molar-refractivity contribution in [1.82, 2.24) is 0 Å². The Hall–Kier alpha value is -1.31. The smallest absolute Gasteiger partial charge is 0.308 e. The highest BCUT2D eigenvalue weighted by Gasteiger charge is 2.27. The number of carbonyl (C=O) groups excluding carboxylic acids is 1. The molecule has 2 nitrogen and oxygen atoms in total. The standard InChI is InChI=1S/C16H22O2/c1-2-18-16(17)15-10-8-14(9-11-15)12-13-6-4-3-5-7-13/h3-7,14-15H,2,8-12H2,1H3/t14-,15+. The molecule has 0 saturated heterocycles. The summed E-state index contributed by atoms with van der Waals surface area (Å²) >= 11 is 0. The summed E-state index contributed by atoms with van der Waals surface area (Å²) in [6.07, 6.45) is 5.44. The second kappa shape index (κ2) is 6.58. The molecular formula is C16H22O2. The van der Waals surface area contributed by atoms with Crippen LogP contribution in [0.3, 0.4) is 0 Å². The maximum absolute atomic E-state index is 11.6. The molecule has 0 aliphatic heterocycles. The lowest BCUT2D eigenvalue weighted by atomic mass is 9.79. The van der Waals surface area contributed by atoms with Crippen molar-refractivity contribution in [3.63, 3.8) is 0 Å². The highest BCUT2D eigenvalue weighted by atomic mass is 16.5. The van der Waals surface area contributed by atoms with Gasteiger partial charge in [0.2, 0.25) is 0 Å². The van der Waals surface area contributed by atoms with Crippen LogP contribution in [0.5, 0.6) is 0 Å². The molecule has 0 radical (unpaired) electrons. The SMILES string of the molecule is CCOC(=O)[C@H]1CC[C@@H](Cc2ccccc2)CC1. The summed E-state index contributed by atoms with van der Waals surface area (Å²) in [4.78, 5) is 11.6. The molecule has 1 aromatic rings. The van der Waals surface area contributed by atoms with E-state index in [1.807, 2.05) is 6.92 Å². The monoisotopic (exact) mass is 246 g/mol. The molecule has 0 heterocycles. The number of esters is 1. The Morgan fingerprint density at radius 1 is 1.17 bits per heavy atom. The molecule has 1 aliphatic rings. The van der Waals surface area contributed by atoms with Crippen molar-refractivity contribution in [3.8, 4) is 0 Å². The van der Waals surface area contributed by atoms with Crippen molar-refractivity contribution in [1.29, 1.82) is 0 Å². The zero-order valence-corrected chi connectivity index (χ0v) is 11.1. The van der Waals surface area contributed by atoms with E-state index in [0.717, 1.165) is 38.0 Å². The Morgan fingerprint density at radius 3 is 2.44 bits per heavy atom. The largest absolute Gasteiger partial charge is 0.466 e. The van der Waals surface area contributed by atoms with E-state index in [-0.39, 0.29) is 11.9 Å². The first-order valence-electron chi connectivity index (χ1n) is 7.00. The zero-order chi connectivity index (χ0) is 12.8. The maximum atomic E-state index is 11.6. The fraction of sp³-hybridized carbons (Fsp3) is 0.562. The Kier molecular flexibility index (Phi) is 4.80. The van der Waals surface area contributed by atoms with Gasteiger partial charge >= 0.3 is 5.97 Å². The number of ether oxygens (including phenoxy) is 1. The van der Waals surface area contributed by atoms with Crippen molar-refractivity contribution in [3.05, 3.63) is 35.9 Å². The Labute approximate surface area is 109 Å². The molecule has 1 fully saturated rings. The highest BCUT2D eigenvalue weighted by Crippen LogP contribution is 2.31. The average Bonchev–Trinajstić information content (AvgIpc) is 2.41. The van der Waals surface area contributed by atoms with Gasteiger partial charge in [-0.25, -0.2) is 0 Å². The van der Waals surface area contributed by atoms with Crippen molar-refractivity contribution < 1.29 is 9.53 Å². The molecule has 1 aromatic carbocycles. The predicted molar refractivity (Wildman–Crippen MR) is 72.2 cm³/mol. The van der Waals surface area contributed by atoms with Crippen molar-refractivity contribution in [2.24, 2.45) is 11.8 Å². The van der Waals surface area contributed by atoms with Gasteiger partial charge in [-0.1, -0.05) is 30.3 Å². The lowest BCUT2D eigenvalue weighted by molar-refractivity contribution is -0.149. The summed E-state index contributed by atoms with van der Waals surface area (Å²) in [7, 11) is 0. The van der Waals surface area contributed by atoms with Gasteiger partial charge in [0.05, 0.1) is 12.5 Å². The number of hydrogen-bond acceptors (Lipinski definition) is 2. The number of benzene rings is 1. The van der Waals surface area contributed by atoms with Gasteiger partial charge in [0, 0.05) is 0 Å². The molecule has 0 spiro atoms. The predicted octanol–water partition coefficient (Wildman–Crippen LogP) is 3.60. The average molecular weight is 246 g/mol. The Balaban J connectivity index is 1.78. The molecule has 2 heteroatoms. The van der Waals surface area contributed by atoms with Crippen LogP contribution in [-0.4, -0.2) is 12.6 Å². The number of carbonyl (C=O) groups is 1. The summed E-state index contributed by atoms with van der Waals surface area (Å²) in [6, 6.07) is 10.6. The van der Waals surface area contributed by atoms with Crippen molar-refractivity contribution >= 4 is 5.97 Å². The van der Waals surface area contributed by atoms with Gasteiger partial charge in [0.1, 0.15) is 0 Å². The molecule has 0 aromatic heterocycles. The number of rotatable bonds is 4. The molecule has 1 aliphatic carbocycles. The summed E-state index contributed by atoms with van der Waals surface area (Å²) < 4.78 is 5.10. The fourth-order valence-electron chi connectivity index (χ4n) is 2.81. The summed E-state index contributed by atoms with van der Waals surface area (Å²) in [5.74, 6) is 0.894. The van der Waals surface area contributed by atoms with Gasteiger partial charge < -0.3 is 4.74 Å². The van der Waals surface area contributed by atoms with Crippen LogP contribution in [0.15, 0.2) is 30.3 Å². The van der Waals surface area contributed by atoms with E-state index in [9.17, 15) is 4.79 Å². The highest BCUT2D eigenvalue weighted by molar-refractivity contribution is 5.72. The first-order valence-corrected chi connectivity index (χ1v) is 7.00. The van der Waals surface area contributed by atoms with E-state index in [2.05, 4.69) is 30.3 Å². The number of hydrogen-bond donors (Lipinski definition) is 0. The van der Waals surface area contributed by atoms with Gasteiger partial charge in [-0.3, -0.25) is 4.79 Å². The molecular weight excluding hydrogens is 224 g/mol. The topological polar surface area (TPSA) is 26.3 Å². The van der Waals surface area contributed by atoms with E-state index in [1.165, 1.54) is 5.56 Å². The molecule has 0 bridgehead atoms.